The topological polar surface area (TPSA) is 12.0 Å². The van der Waals surface area contributed by atoms with Crippen LogP contribution in [0.15, 0.2) is 18.2 Å². The number of benzene rings is 1. The Morgan fingerprint density at radius 3 is 2.84 bits per heavy atom. The van der Waals surface area contributed by atoms with Gasteiger partial charge in [-0.15, -0.1) is 0 Å². The van der Waals surface area contributed by atoms with Crippen LogP contribution in [0.2, 0.25) is 5.02 Å². The van der Waals surface area contributed by atoms with Gasteiger partial charge >= 0.3 is 0 Å². The molecule has 1 aliphatic rings. The van der Waals surface area contributed by atoms with Crippen LogP contribution in [0.25, 0.3) is 0 Å². The first-order valence-corrected chi connectivity index (χ1v) is 7.74. The summed E-state index contributed by atoms with van der Waals surface area (Å²) >= 11 is 5.85. The first-order valence-electron chi connectivity index (χ1n) is 7.37. The lowest BCUT2D eigenvalue weighted by Crippen LogP contribution is -2.35. The van der Waals surface area contributed by atoms with Crippen molar-refractivity contribution in [1.29, 1.82) is 0 Å². The minimum Gasteiger partial charge on any atom is -0.314 e. The summed E-state index contributed by atoms with van der Waals surface area (Å²) < 4.78 is 14.0. The van der Waals surface area contributed by atoms with Gasteiger partial charge in [0.15, 0.2) is 0 Å². The molecule has 0 saturated heterocycles. The fourth-order valence-electron chi connectivity index (χ4n) is 2.69. The quantitative estimate of drug-likeness (QED) is 0.772. The Hall–Kier alpha value is -0.600. The van der Waals surface area contributed by atoms with Gasteiger partial charge in [0.2, 0.25) is 0 Å². The molecule has 1 atom stereocenters. The largest absolute Gasteiger partial charge is 0.314 e. The number of rotatable bonds is 7. The molecule has 19 heavy (non-hydrogen) atoms. The van der Waals surface area contributed by atoms with Gasteiger partial charge in [-0.3, -0.25) is 0 Å². The minimum absolute atomic E-state index is 0.232. The molecule has 106 valence electrons. The molecule has 0 heterocycles. The molecular weight excluding hydrogens is 261 g/mol. The van der Waals surface area contributed by atoms with Crippen LogP contribution < -0.4 is 5.32 Å². The molecule has 2 rings (SSSR count). The Morgan fingerprint density at radius 2 is 2.21 bits per heavy atom. The van der Waals surface area contributed by atoms with Crippen molar-refractivity contribution >= 4 is 11.6 Å². The maximum absolute atomic E-state index is 14.0. The van der Waals surface area contributed by atoms with Crippen molar-refractivity contribution in [3.8, 4) is 0 Å². The third-order valence-corrected chi connectivity index (χ3v) is 4.32. The molecule has 1 aliphatic carbocycles. The lowest BCUT2D eigenvalue weighted by molar-refractivity contribution is 0.258. The second-order valence-electron chi connectivity index (χ2n) is 5.60. The lowest BCUT2D eigenvalue weighted by atomic mass is 9.80. The number of nitrogens with one attached hydrogen (secondary N) is 1. The monoisotopic (exact) mass is 283 g/mol. The summed E-state index contributed by atoms with van der Waals surface area (Å²) in [5.74, 6) is 0.581. The zero-order valence-electron chi connectivity index (χ0n) is 11.6. The van der Waals surface area contributed by atoms with Crippen LogP contribution in [0.3, 0.4) is 0 Å². The molecule has 0 bridgehead atoms. The third-order valence-electron chi connectivity index (χ3n) is 4.02. The predicted molar refractivity (Wildman–Crippen MR) is 79.2 cm³/mol. The van der Waals surface area contributed by atoms with Gasteiger partial charge in [0.1, 0.15) is 5.82 Å². The van der Waals surface area contributed by atoms with Gasteiger partial charge in [0.05, 0.1) is 5.02 Å². The van der Waals surface area contributed by atoms with Crippen LogP contribution in [0.5, 0.6) is 0 Å². The fourth-order valence-corrected chi connectivity index (χ4v) is 2.88. The van der Waals surface area contributed by atoms with Crippen molar-refractivity contribution in [3.63, 3.8) is 0 Å². The Bertz CT molecular complexity index is 404. The Morgan fingerprint density at radius 1 is 1.42 bits per heavy atom. The fraction of sp³-hybridized carbons (Fsp3) is 0.625. The molecule has 3 heteroatoms. The maximum atomic E-state index is 14.0. The number of hydrogen-bond acceptors (Lipinski definition) is 1. The summed E-state index contributed by atoms with van der Waals surface area (Å²) in [7, 11) is 0. The van der Waals surface area contributed by atoms with Crippen LogP contribution in [-0.4, -0.2) is 12.6 Å². The van der Waals surface area contributed by atoms with Crippen molar-refractivity contribution in [2.45, 2.75) is 51.5 Å². The van der Waals surface area contributed by atoms with E-state index in [9.17, 15) is 4.39 Å². The highest BCUT2D eigenvalue weighted by atomic mass is 35.5. The molecule has 0 spiro atoms. The second kappa shape index (κ2) is 7.25. The standard InChI is InChI=1S/C16H23ClFN/c1-2-9-19-14(10-12-5-3-6-12)11-13-7-4-8-15(17)16(13)18/h4,7-8,12,14,19H,2-3,5-6,9-11H2,1H3. The maximum Gasteiger partial charge on any atom is 0.145 e. The molecule has 0 amide bonds. The first kappa shape index (κ1) is 14.8. The predicted octanol–water partition coefficient (Wildman–Crippen LogP) is 4.58. The number of halogens is 2. The van der Waals surface area contributed by atoms with Gasteiger partial charge in [0.25, 0.3) is 0 Å². The van der Waals surface area contributed by atoms with E-state index in [1.165, 1.54) is 19.3 Å². The van der Waals surface area contributed by atoms with E-state index in [0.29, 0.717) is 6.04 Å². The Kier molecular flexibility index (Phi) is 5.65. The van der Waals surface area contributed by atoms with E-state index < -0.39 is 0 Å². The van der Waals surface area contributed by atoms with E-state index in [0.717, 1.165) is 37.3 Å². The summed E-state index contributed by atoms with van der Waals surface area (Å²) in [6, 6.07) is 5.67. The van der Waals surface area contributed by atoms with Crippen LogP contribution in [0.4, 0.5) is 4.39 Å². The van der Waals surface area contributed by atoms with Crippen molar-refractivity contribution in [3.05, 3.63) is 34.6 Å². The van der Waals surface area contributed by atoms with E-state index in [1.54, 1.807) is 6.07 Å². The summed E-state index contributed by atoms with van der Waals surface area (Å²) in [6.45, 7) is 3.16. The summed E-state index contributed by atoms with van der Waals surface area (Å²) in [4.78, 5) is 0. The average molecular weight is 284 g/mol. The minimum atomic E-state index is -0.249. The lowest BCUT2D eigenvalue weighted by Gasteiger charge is -2.30. The first-order chi connectivity index (χ1) is 9.20. The zero-order valence-corrected chi connectivity index (χ0v) is 12.3. The zero-order chi connectivity index (χ0) is 13.7. The van der Waals surface area contributed by atoms with E-state index in [4.69, 9.17) is 11.6 Å². The summed E-state index contributed by atoms with van der Waals surface area (Å²) in [5.41, 5.74) is 0.737. The van der Waals surface area contributed by atoms with Gasteiger partial charge in [-0.05, 0) is 43.4 Å². The van der Waals surface area contributed by atoms with Crippen molar-refractivity contribution < 1.29 is 4.39 Å². The highest BCUT2D eigenvalue weighted by molar-refractivity contribution is 6.30. The van der Waals surface area contributed by atoms with Gasteiger partial charge in [-0.1, -0.05) is 49.9 Å². The molecule has 0 aromatic heterocycles. The van der Waals surface area contributed by atoms with Gasteiger partial charge in [0, 0.05) is 6.04 Å². The molecule has 1 unspecified atom stereocenters. The van der Waals surface area contributed by atoms with E-state index in [-0.39, 0.29) is 10.8 Å². The van der Waals surface area contributed by atoms with Crippen molar-refractivity contribution in [2.24, 2.45) is 5.92 Å². The summed E-state index contributed by atoms with van der Waals surface area (Å²) in [5, 5.41) is 3.79. The summed E-state index contributed by atoms with van der Waals surface area (Å²) in [6.07, 6.45) is 7.04. The molecule has 0 aliphatic heterocycles. The average Bonchev–Trinajstić information content (AvgIpc) is 2.35. The van der Waals surface area contributed by atoms with Crippen molar-refractivity contribution in [2.75, 3.05) is 6.54 Å². The second-order valence-corrected chi connectivity index (χ2v) is 6.01. The molecule has 1 saturated carbocycles. The van der Waals surface area contributed by atoms with Crippen molar-refractivity contribution in [1.82, 2.24) is 5.32 Å². The van der Waals surface area contributed by atoms with E-state index >= 15 is 0 Å². The molecule has 1 N–H and O–H groups in total. The molecule has 1 aromatic carbocycles. The van der Waals surface area contributed by atoms with E-state index in [1.807, 2.05) is 12.1 Å². The highest BCUT2D eigenvalue weighted by Gasteiger charge is 2.22. The van der Waals surface area contributed by atoms with Crippen LogP contribution in [0.1, 0.15) is 44.6 Å². The van der Waals surface area contributed by atoms with Crippen LogP contribution >= 0.6 is 11.6 Å². The highest BCUT2D eigenvalue weighted by Crippen LogP contribution is 2.31. The number of hydrogen-bond donors (Lipinski definition) is 1. The molecule has 0 radical (unpaired) electrons. The molecule has 1 aromatic rings. The smallest absolute Gasteiger partial charge is 0.145 e. The van der Waals surface area contributed by atoms with Gasteiger partial charge < -0.3 is 5.32 Å². The molecule has 1 fully saturated rings. The SMILES string of the molecule is CCCNC(Cc1cccc(Cl)c1F)CC1CCC1. The Balaban J connectivity index is 1.98. The van der Waals surface area contributed by atoms with Gasteiger partial charge in [-0.2, -0.15) is 0 Å². The molecular formula is C16H23ClFN. The normalized spacial score (nSPS) is 17.2. The van der Waals surface area contributed by atoms with E-state index in [2.05, 4.69) is 12.2 Å². The Labute approximate surface area is 120 Å². The van der Waals surface area contributed by atoms with Crippen LogP contribution in [-0.2, 0) is 6.42 Å². The third kappa shape index (κ3) is 4.19. The van der Waals surface area contributed by atoms with Crippen LogP contribution in [0, 0.1) is 11.7 Å². The van der Waals surface area contributed by atoms with Gasteiger partial charge in [-0.25, -0.2) is 4.39 Å². The molecule has 1 nitrogen and oxygen atoms in total.